The standard InChI is InChI=1S/C16H36N2/c1-6-7-8-12-18(14(2)3)13-15(4)10-9-11-16(5)17/h14-16H,6-13,17H2,1-5H3. The van der Waals surface area contributed by atoms with Crippen LogP contribution in [-0.2, 0) is 0 Å². The van der Waals surface area contributed by atoms with Gasteiger partial charge in [-0.3, -0.25) is 0 Å². The normalized spacial score (nSPS) is 15.3. The fraction of sp³-hybridized carbons (Fsp3) is 1.00. The minimum Gasteiger partial charge on any atom is -0.328 e. The van der Waals surface area contributed by atoms with Crippen molar-refractivity contribution in [3.05, 3.63) is 0 Å². The monoisotopic (exact) mass is 256 g/mol. The molecule has 18 heavy (non-hydrogen) atoms. The Morgan fingerprint density at radius 2 is 1.61 bits per heavy atom. The maximum absolute atomic E-state index is 5.80. The molecular formula is C16H36N2. The highest BCUT2D eigenvalue weighted by atomic mass is 15.1. The lowest BCUT2D eigenvalue weighted by Gasteiger charge is -2.29. The first kappa shape index (κ1) is 17.9. The second-order valence-corrected chi connectivity index (χ2v) is 6.31. The number of rotatable bonds is 11. The van der Waals surface area contributed by atoms with Crippen molar-refractivity contribution in [2.75, 3.05) is 13.1 Å². The van der Waals surface area contributed by atoms with Crippen molar-refractivity contribution in [1.29, 1.82) is 0 Å². The van der Waals surface area contributed by atoms with E-state index >= 15 is 0 Å². The van der Waals surface area contributed by atoms with Crippen LogP contribution < -0.4 is 5.73 Å². The molecule has 2 unspecified atom stereocenters. The maximum Gasteiger partial charge on any atom is 0.00387 e. The van der Waals surface area contributed by atoms with Crippen molar-refractivity contribution in [1.82, 2.24) is 4.90 Å². The van der Waals surface area contributed by atoms with Gasteiger partial charge in [0.05, 0.1) is 0 Å². The van der Waals surface area contributed by atoms with Crippen LogP contribution in [0.5, 0.6) is 0 Å². The van der Waals surface area contributed by atoms with Crippen LogP contribution in [0.4, 0.5) is 0 Å². The summed E-state index contributed by atoms with van der Waals surface area (Å²) in [6.45, 7) is 13.9. The quantitative estimate of drug-likeness (QED) is 0.565. The molecule has 0 amide bonds. The summed E-state index contributed by atoms with van der Waals surface area (Å²) in [5, 5.41) is 0. The molecule has 0 heterocycles. The molecule has 0 rings (SSSR count). The van der Waals surface area contributed by atoms with Crippen molar-refractivity contribution < 1.29 is 0 Å². The van der Waals surface area contributed by atoms with Crippen molar-refractivity contribution in [2.45, 2.75) is 85.2 Å². The van der Waals surface area contributed by atoms with Crippen LogP contribution in [0.25, 0.3) is 0 Å². The molecule has 0 fully saturated rings. The fourth-order valence-corrected chi connectivity index (χ4v) is 2.41. The van der Waals surface area contributed by atoms with E-state index in [4.69, 9.17) is 5.73 Å². The van der Waals surface area contributed by atoms with Gasteiger partial charge in [-0.1, -0.05) is 33.1 Å². The molecule has 0 aromatic heterocycles. The molecule has 0 saturated heterocycles. The molecule has 0 aliphatic carbocycles. The van der Waals surface area contributed by atoms with E-state index in [9.17, 15) is 0 Å². The van der Waals surface area contributed by atoms with Crippen LogP contribution in [0.1, 0.15) is 73.1 Å². The van der Waals surface area contributed by atoms with Gasteiger partial charge in [0, 0.05) is 18.6 Å². The van der Waals surface area contributed by atoms with E-state index in [1.165, 1.54) is 51.6 Å². The molecule has 0 radical (unpaired) electrons. The summed E-state index contributed by atoms with van der Waals surface area (Å²) in [4.78, 5) is 2.65. The van der Waals surface area contributed by atoms with E-state index in [0.717, 1.165) is 5.92 Å². The van der Waals surface area contributed by atoms with Gasteiger partial charge < -0.3 is 10.6 Å². The van der Waals surface area contributed by atoms with E-state index < -0.39 is 0 Å². The molecule has 2 nitrogen and oxygen atoms in total. The molecule has 0 aliphatic heterocycles. The zero-order valence-corrected chi connectivity index (χ0v) is 13.4. The zero-order chi connectivity index (χ0) is 14.0. The van der Waals surface area contributed by atoms with Crippen molar-refractivity contribution >= 4 is 0 Å². The molecule has 0 aliphatic rings. The first-order chi connectivity index (χ1) is 8.47. The minimum atomic E-state index is 0.364. The Balaban J connectivity index is 3.84. The molecule has 0 saturated carbocycles. The lowest BCUT2D eigenvalue weighted by Crippen LogP contribution is -2.35. The van der Waals surface area contributed by atoms with Crippen molar-refractivity contribution in [3.63, 3.8) is 0 Å². The highest BCUT2D eigenvalue weighted by molar-refractivity contribution is 4.67. The smallest absolute Gasteiger partial charge is 0.00387 e. The van der Waals surface area contributed by atoms with E-state index in [0.29, 0.717) is 12.1 Å². The molecule has 0 aromatic rings. The number of nitrogens with two attached hydrogens (primary N) is 1. The number of unbranched alkanes of at least 4 members (excludes halogenated alkanes) is 2. The zero-order valence-electron chi connectivity index (χ0n) is 13.4. The summed E-state index contributed by atoms with van der Waals surface area (Å²) in [6.07, 6.45) is 7.79. The van der Waals surface area contributed by atoms with E-state index in [1.807, 2.05) is 0 Å². The van der Waals surface area contributed by atoms with Gasteiger partial charge in [-0.05, 0) is 52.5 Å². The molecule has 0 aromatic carbocycles. The second kappa shape index (κ2) is 10.8. The molecule has 0 spiro atoms. The van der Waals surface area contributed by atoms with Gasteiger partial charge in [0.15, 0.2) is 0 Å². The lowest BCUT2D eigenvalue weighted by molar-refractivity contribution is 0.183. The van der Waals surface area contributed by atoms with Crippen LogP contribution in [0, 0.1) is 5.92 Å². The SMILES string of the molecule is CCCCCN(CC(C)CCCC(C)N)C(C)C. The van der Waals surface area contributed by atoms with Crippen molar-refractivity contribution in [3.8, 4) is 0 Å². The Bertz CT molecular complexity index is 178. The third-order valence-corrected chi connectivity index (χ3v) is 3.68. The molecule has 110 valence electrons. The third kappa shape index (κ3) is 9.90. The van der Waals surface area contributed by atoms with Gasteiger partial charge >= 0.3 is 0 Å². The van der Waals surface area contributed by atoms with Crippen LogP contribution in [0.15, 0.2) is 0 Å². The van der Waals surface area contributed by atoms with Gasteiger partial charge in [-0.15, -0.1) is 0 Å². The summed E-state index contributed by atoms with van der Waals surface area (Å²) in [5.41, 5.74) is 5.80. The van der Waals surface area contributed by atoms with E-state index in [1.54, 1.807) is 0 Å². The topological polar surface area (TPSA) is 29.3 Å². The van der Waals surface area contributed by atoms with Gasteiger partial charge in [-0.2, -0.15) is 0 Å². The first-order valence-corrected chi connectivity index (χ1v) is 7.97. The Labute approximate surface area is 115 Å². The van der Waals surface area contributed by atoms with Gasteiger partial charge in [-0.25, -0.2) is 0 Å². The van der Waals surface area contributed by atoms with Crippen LogP contribution in [-0.4, -0.2) is 30.1 Å². The van der Waals surface area contributed by atoms with Gasteiger partial charge in [0.1, 0.15) is 0 Å². The second-order valence-electron chi connectivity index (χ2n) is 6.31. The van der Waals surface area contributed by atoms with Crippen LogP contribution in [0.3, 0.4) is 0 Å². The van der Waals surface area contributed by atoms with Crippen LogP contribution >= 0.6 is 0 Å². The Hall–Kier alpha value is -0.0800. The number of hydrogen-bond donors (Lipinski definition) is 1. The molecular weight excluding hydrogens is 220 g/mol. The number of nitrogens with zero attached hydrogens (tertiary/aromatic N) is 1. The highest BCUT2D eigenvalue weighted by Gasteiger charge is 2.13. The average molecular weight is 256 g/mol. The summed E-state index contributed by atoms with van der Waals surface area (Å²) in [5.74, 6) is 0.799. The van der Waals surface area contributed by atoms with Gasteiger partial charge in [0.2, 0.25) is 0 Å². The minimum absolute atomic E-state index is 0.364. The Morgan fingerprint density at radius 1 is 0.944 bits per heavy atom. The Morgan fingerprint density at radius 3 is 2.11 bits per heavy atom. The summed E-state index contributed by atoms with van der Waals surface area (Å²) in [7, 11) is 0. The molecule has 2 N–H and O–H groups in total. The predicted molar refractivity (Wildman–Crippen MR) is 82.9 cm³/mol. The highest BCUT2D eigenvalue weighted by Crippen LogP contribution is 2.13. The molecule has 0 bridgehead atoms. The molecule has 2 heteroatoms. The van der Waals surface area contributed by atoms with Crippen LogP contribution in [0.2, 0.25) is 0 Å². The molecule has 2 atom stereocenters. The predicted octanol–water partition coefficient (Wildman–Crippen LogP) is 4.04. The maximum atomic E-state index is 5.80. The summed E-state index contributed by atoms with van der Waals surface area (Å²) in [6, 6.07) is 1.04. The third-order valence-electron chi connectivity index (χ3n) is 3.68. The summed E-state index contributed by atoms with van der Waals surface area (Å²) < 4.78 is 0. The largest absolute Gasteiger partial charge is 0.328 e. The lowest BCUT2D eigenvalue weighted by atomic mass is 10.0. The van der Waals surface area contributed by atoms with E-state index in [-0.39, 0.29) is 0 Å². The summed E-state index contributed by atoms with van der Waals surface area (Å²) >= 11 is 0. The Kier molecular flexibility index (Phi) is 10.8. The first-order valence-electron chi connectivity index (χ1n) is 7.97. The van der Waals surface area contributed by atoms with E-state index in [2.05, 4.69) is 39.5 Å². The van der Waals surface area contributed by atoms with Gasteiger partial charge in [0.25, 0.3) is 0 Å². The number of hydrogen-bond acceptors (Lipinski definition) is 2. The van der Waals surface area contributed by atoms with Crippen molar-refractivity contribution in [2.24, 2.45) is 11.7 Å². The fourth-order valence-electron chi connectivity index (χ4n) is 2.41. The average Bonchev–Trinajstić information content (AvgIpc) is 2.27.